The largest absolute Gasteiger partial charge is 0.477 e. The summed E-state index contributed by atoms with van der Waals surface area (Å²) in [5.41, 5.74) is 5.14. The molecule has 4 rings (SSSR count). The molecule has 0 amide bonds. The van der Waals surface area contributed by atoms with E-state index in [9.17, 15) is 9.90 Å². The number of fused-ring (bicyclic) bond motifs is 1. The first-order valence-electron chi connectivity index (χ1n) is 8.32. The van der Waals surface area contributed by atoms with E-state index in [4.69, 9.17) is 0 Å². The molecule has 0 aliphatic carbocycles. The molecule has 3 aromatic heterocycles. The third kappa shape index (κ3) is 2.65. The van der Waals surface area contributed by atoms with Gasteiger partial charge in [0, 0.05) is 36.4 Å². The SMILES string of the molecule is Cc1c(Cc2cccc(C(=O)O)n2)c2ccccc2n1-c1cnn(C)c1. The van der Waals surface area contributed by atoms with Gasteiger partial charge in [0.2, 0.25) is 0 Å². The molecule has 0 unspecified atom stereocenters. The number of aryl methyl sites for hydroxylation is 1. The van der Waals surface area contributed by atoms with Gasteiger partial charge in [-0.1, -0.05) is 24.3 Å². The zero-order valence-corrected chi connectivity index (χ0v) is 14.5. The molecule has 0 aliphatic heterocycles. The second-order valence-electron chi connectivity index (χ2n) is 6.28. The lowest BCUT2D eigenvalue weighted by molar-refractivity contribution is 0.0690. The van der Waals surface area contributed by atoms with Crippen molar-refractivity contribution >= 4 is 16.9 Å². The fraction of sp³-hybridized carbons (Fsp3) is 0.150. The summed E-state index contributed by atoms with van der Waals surface area (Å²) in [5.74, 6) is -1.01. The first kappa shape index (κ1) is 16.1. The Morgan fingerprint density at radius 3 is 2.69 bits per heavy atom. The lowest BCUT2D eigenvalue weighted by Crippen LogP contribution is -2.03. The quantitative estimate of drug-likeness (QED) is 0.615. The predicted octanol–water partition coefficient (Wildman–Crippen LogP) is 3.36. The molecule has 0 saturated carbocycles. The number of aromatic nitrogens is 4. The van der Waals surface area contributed by atoms with E-state index in [1.54, 1.807) is 10.7 Å². The molecule has 26 heavy (non-hydrogen) atoms. The van der Waals surface area contributed by atoms with Crippen LogP contribution in [0.25, 0.3) is 16.6 Å². The number of carbonyl (C=O) groups is 1. The van der Waals surface area contributed by atoms with Crippen LogP contribution in [0.15, 0.2) is 54.9 Å². The van der Waals surface area contributed by atoms with E-state index in [-0.39, 0.29) is 5.69 Å². The van der Waals surface area contributed by atoms with Crippen LogP contribution >= 0.6 is 0 Å². The molecular weight excluding hydrogens is 328 g/mol. The normalized spacial score (nSPS) is 11.2. The summed E-state index contributed by atoms with van der Waals surface area (Å²) in [4.78, 5) is 15.5. The number of aromatic carboxylic acids is 1. The molecule has 3 heterocycles. The van der Waals surface area contributed by atoms with Crippen molar-refractivity contribution in [1.82, 2.24) is 19.3 Å². The molecule has 6 nitrogen and oxygen atoms in total. The van der Waals surface area contributed by atoms with Gasteiger partial charge in [-0.05, 0) is 30.7 Å². The Morgan fingerprint density at radius 1 is 1.15 bits per heavy atom. The molecular formula is C20H18N4O2. The van der Waals surface area contributed by atoms with Crippen LogP contribution in [0.4, 0.5) is 0 Å². The van der Waals surface area contributed by atoms with Crippen molar-refractivity contribution in [2.24, 2.45) is 7.05 Å². The van der Waals surface area contributed by atoms with Gasteiger partial charge in [0.05, 0.1) is 17.4 Å². The van der Waals surface area contributed by atoms with Gasteiger partial charge in [0.15, 0.2) is 0 Å². The maximum absolute atomic E-state index is 11.2. The van der Waals surface area contributed by atoms with Gasteiger partial charge in [-0.2, -0.15) is 5.10 Å². The van der Waals surface area contributed by atoms with E-state index in [1.165, 1.54) is 6.07 Å². The Bertz CT molecular complexity index is 1120. The number of rotatable bonds is 4. The van der Waals surface area contributed by atoms with Gasteiger partial charge in [-0.25, -0.2) is 9.78 Å². The minimum atomic E-state index is -1.01. The molecule has 6 heteroatoms. The average Bonchev–Trinajstić information content (AvgIpc) is 3.17. The maximum Gasteiger partial charge on any atom is 0.354 e. The molecule has 4 aromatic rings. The van der Waals surface area contributed by atoms with Crippen LogP contribution in [0.5, 0.6) is 0 Å². The van der Waals surface area contributed by atoms with Crippen LogP contribution in [0.1, 0.15) is 27.4 Å². The predicted molar refractivity (Wildman–Crippen MR) is 98.8 cm³/mol. The lowest BCUT2D eigenvalue weighted by atomic mass is 10.1. The van der Waals surface area contributed by atoms with Crippen LogP contribution in [0.2, 0.25) is 0 Å². The number of hydrogen-bond donors (Lipinski definition) is 1. The maximum atomic E-state index is 11.2. The standard InChI is InChI=1S/C20H18N4O2/c1-13-17(10-14-6-5-8-18(22-14)20(25)26)16-7-3-4-9-19(16)24(13)15-11-21-23(2)12-15/h3-9,11-12H,10H2,1-2H3,(H,25,26). The van der Waals surface area contributed by atoms with Crippen LogP contribution in [-0.2, 0) is 13.5 Å². The van der Waals surface area contributed by atoms with E-state index in [2.05, 4.69) is 33.7 Å². The van der Waals surface area contributed by atoms with Gasteiger partial charge in [-0.3, -0.25) is 4.68 Å². The smallest absolute Gasteiger partial charge is 0.354 e. The van der Waals surface area contributed by atoms with Crippen molar-refractivity contribution in [1.29, 1.82) is 0 Å². The Morgan fingerprint density at radius 2 is 1.96 bits per heavy atom. The van der Waals surface area contributed by atoms with E-state index in [0.717, 1.165) is 33.5 Å². The Labute approximate surface area is 150 Å². The van der Waals surface area contributed by atoms with Crippen molar-refractivity contribution < 1.29 is 9.90 Å². The third-order valence-corrected chi connectivity index (χ3v) is 4.58. The highest BCUT2D eigenvalue weighted by molar-refractivity contribution is 5.88. The summed E-state index contributed by atoms with van der Waals surface area (Å²) in [6, 6.07) is 13.3. The molecule has 0 bridgehead atoms. The van der Waals surface area contributed by atoms with E-state index in [0.29, 0.717) is 6.42 Å². The van der Waals surface area contributed by atoms with Crippen molar-refractivity contribution in [2.45, 2.75) is 13.3 Å². The number of nitrogens with zero attached hydrogens (tertiary/aromatic N) is 4. The summed E-state index contributed by atoms with van der Waals surface area (Å²) in [6.07, 6.45) is 4.39. The molecule has 1 aromatic carbocycles. The minimum absolute atomic E-state index is 0.0659. The molecule has 0 saturated heterocycles. The third-order valence-electron chi connectivity index (χ3n) is 4.58. The van der Waals surface area contributed by atoms with Crippen molar-refractivity contribution in [3.63, 3.8) is 0 Å². The first-order chi connectivity index (χ1) is 12.5. The second kappa shape index (κ2) is 6.15. The van der Waals surface area contributed by atoms with Crippen LogP contribution in [0, 0.1) is 6.92 Å². The number of carboxylic acids is 1. The van der Waals surface area contributed by atoms with E-state index >= 15 is 0 Å². The number of benzene rings is 1. The topological polar surface area (TPSA) is 72.9 Å². The number of hydrogen-bond acceptors (Lipinski definition) is 3. The molecule has 0 aliphatic rings. The fourth-order valence-corrected chi connectivity index (χ4v) is 3.39. The van der Waals surface area contributed by atoms with Gasteiger partial charge in [-0.15, -0.1) is 0 Å². The van der Waals surface area contributed by atoms with Crippen molar-refractivity contribution in [3.8, 4) is 5.69 Å². The number of pyridine rings is 1. The molecule has 1 N–H and O–H groups in total. The lowest BCUT2D eigenvalue weighted by Gasteiger charge is -2.06. The summed E-state index contributed by atoms with van der Waals surface area (Å²) in [7, 11) is 1.90. The van der Waals surface area contributed by atoms with Crippen LogP contribution < -0.4 is 0 Å². The molecule has 0 spiro atoms. The van der Waals surface area contributed by atoms with Gasteiger partial charge >= 0.3 is 5.97 Å². The second-order valence-corrected chi connectivity index (χ2v) is 6.28. The van der Waals surface area contributed by atoms with Crippen molar-refractivity contribution in [3.05, 3.63) is 77.5 Å². The minimum Gasteiger partial charge on any atom is -0.477 e. The van der Waals surface area contributed by atoms with Gasteiger partial charge < -0.3 is 9.67 Å². The monoisotopic (exact) mass is 346 g/mol. The fourth-order valence-electron chi connectivity index (χ4n) is 3.39. The average molecular weight is 346 g/mol. The van der Waals surface area contributed by atoms with Gasteiger partial charge in [0.1, 0.15) is 5.69 Å². The summed E-state index contributed by atoms with van der Waals surface area (Å²) >= 11 is 0. The molecule has 0 fully saturated rings. The Balaban J connectivity index is 1.87. The molecule has 0 atom stereocenters. The van der Waals surface area contributed by atoms with Crippen LogP contribution in [0.3, 0.4) is 0 Å². The highest BCUT2D eigenvalue weighted by Crippen LogP contribution is 2.30. The summed E-state index contributed by atoms with van der Waals surface area (Å²) < 4.78 is 3.96. The van der Waals surface area contributed by atoms with E-state index < -0.39 is 5.97 Å². The first-order valence-corrected chi connectivity index (χ1v) is 8.32. The van der Waals surface area contributed by atoms with Gasteiger partial charge in [0.25, 0.3) is 0 Å². The van der Waals surface area contributed by atoms with E-state index in [1.807, 2.05) is 37.6 Å². The van der Waals surface area contributed by atoms with Crippen molar-refractivity contribution in [2.75, 3.05) is 0 Å². The van der Waals surface area contributed by atoms with Crippen LogP contribution in [-0.4, -0.2) is 30.4 Å². The summed E-state index contributed by atoms with van der Waals surface area (Å²) in [6.45, 7) is 2.07. The zero-order chi connectivity index (χ0) is 18.3. The highest BCUT2D eigenvalue weighted by Gasteiger charge is 2.17. The highest BCUT2D eigenvalue weighted by atomic mass is 16.4. The summed E-state index contributed by atoms with van der Waals surface area (Å²) in [5, 5.41) is 14.6. The Kier molecular flexibility index (Phi) is 3.80. The molecule has 0 radical (unpaired) electrons. The zero-order valence-electron chi connectivity index (χ0n) is 14.5. The number of para-hydroxylation sites is 1. The number of carboxylic acid groups (broad SMARTS) is 1. The molecule has 130 valence electrons. The Hall–Kier alpha value is -3.41.